The fourth-order valence-corrected chi connectivity index (χ4v) is 5.04. The Morgan fingerprint density at radius 2 is 2.05 bits per heavy atom. The van der Waals surface area contributed by atoms with Crippen LogP contribution < -0.4 is 4.90 Å². The summed E-state index contributed by atoms with van der Waals surface area (Å²) in [5, 5.41) is 0. The Hall–Kier alpha value is -4.12. The summed E-state index contributed by atoms with van der Waals surface area (Å²) in [6.07, 6.45) is 18.0. The second-order valence-electron chi connectivity index (χ2n) is 9.50. The van der Waals surface area contributed by atoms with E-state index >= 15 is 0 Å². The summed E-state index contributed by atoms with van der Waals surface area (Å²) in [5.74, 6) is 0.164. The monoisotopic (exact) mass is 516 g/mol. The molecule has 0 radical (unpaired) electrons. The lowest BCUT2D eigenvalue weighted by Crippen LogP contribution is -2.40. The van der Waals surface area contributed by atoms with Crippen LogP contribution >= 0.6 is 0 Å². The molecule has 3 aliphatic heterocycles. The van der Waals surface area contributed by atoms with Crippen molar-refractivity contribution in [2.24, 2.45) is 15.9 Å². The number of hydrogen-bond donors (Lipinski definition) is 0. The highest BCUT2D eigenvalue weighted by atomic mass is 16.5. The Balaban J connectivity index is 1.32. The predicted octanol–water partition coefficient (Wildman–Crippen LogP) is 1.85. The average molecular weight is 517 g/mol. The molecule has 0 N–H and O–H groups in total. The lowest BCUT2D eigenvalue weighted by Gasteiger charge is -2.30. The molecule has 1 aromatic rings. The van der Waals surface area contributed by atoms with Gasteiger partial charge in [0.05, 0.1) is 36.2 Å². The van der Waals surface area contributed by atoms with Crippen LogP contribution in [-0.2, 0) is 9.53 Å². The minimum absolute atomic E-state index is 0.0413. The van der Waals surface area contributed by atoms with Crippen molar-refractivity contribution in [2.45, 2.75) is 19.0 Å². The minimum Gasteiger partial charge on any atom is -0.383 e. The smallest absolute Gasteiger partial charge is 0.273 e. The number of rotatable bonds is 7. The Bertz CT molecular complexity index is 1260. The molecular weight excluding hydrogens is 484 g/mol. The molecule has 0 saturated carbocycles. The third-order valence-electron chi connectivity index (χ3n) is 7.14. The fourth-order valence-electron chi connectivity index (χ4n) is 5.04. The first-order valence-corrected chi connectivity index (χ1v) is 12.7. The van der Waals surface area contributed by atoms with Crippen LogP contribution in [0.3, 0.4) is 0 Å². The molecule has 4 heterocycles. The van der Waals surface area contributed by atoms with Crippen molar-refractivity contribution < 1.29 is 14.3 Å². The summed E-state index contributed by atoms with van der Waals surface area (Å²) in [6, 6.07) is 0. The largest absolute Gasteiger partial charge is 0.383 e. The number of anilines is 1. The molecule has 0 spiro atoms. The van der Waals surface area contributed by atoms with Gasteiger partial charge in [-0.3, -0.25) is 9.59 Å². The van der Waals surface area contributed by atoms with Crippen molar-refractivity contribution in [1.29, 1.82) is 0 Å². The van der Waals surface area contributed by atoms with Crippen LogP contribution in [0.25, 0.3) is 0 Å². The van der Waals surface area contributed by atoms with Gasteiger partial charge < -0.3 is 24.3 Å². The number of allylic oxidation sites excluding steroid dienone is 4. The number of methoxy groups -OCH3 is 1. The van der Waals surface area contributed by atoms with Crippen LogP contribution in [-0.4, -0.2) is 103 Å². The van der Waals surface area contributed by atoms with Gasteiger partial charge in [0, 0.05) is 59.5 Å². The number of fused-ring (bicyclic) bond motifs is 1. The van der Waals surface area contributed by atoms with Gasteiger partial charge in [0.25, 0.3) is 11.8 Å². The Labute approximate surface area is 222 Å². The minimum atomic E-state index is -0.213. The summed E-state index contributed by atoms with van der Waals surface area (Å²) in [6.45, 7) is 1.95. The van der Waals surface area contributed by atoms with E-state index in [4.69, 9.17) is 4.74 Å². The Morgan fingerprint density at radius 3 is 2.74 bits per heavy atom. The van der Waals surface area contributed by atoms with E-state index in [1.807, 2.05) is 24.4 Å². The SMILES string of the molecule is COCCN(C)C(=O)c1cnc(N2C=CN(C(=O)C3=C(C4=CC=CCC4)N(C)C4N=CN=CC34)CC2)cn1. The van der Waals surface area contributed by atoms with E-state index in [1.165, 1.54) is 6.20 Å². The maximum absolute atomic E-state index is 13.9. The van der Waals surface area contributed by atoms with Gasteiger partial charge in [0.1, 0.15) is 18.2 Å². The number of ether oxygens (including phenoxy) is 1. The summed E-state index contributed by atoms with van der Waals surface area (Å²) in [7, 11) is 5.30. The van der Waals surface area contributed by atoms with Crippen molar-refractivity contribution in [2.75, 3.05) is 52.3 Å². The maximum Gasteiger partial charge on any atom is 0.273 e. The average Bonchev–Trinajstić information content (AvgIpc) is 3.28. The zero-order chi connectivity index (χ0) is 26.6. The number of hydrogen-bond acceptors (Lipinski definition) is 9. The lowest BCUT2D eigenvalue weighted by atomic mass is 9.93. The number of carbonyl (C=O) groups excluding carboxylic acids is 2. The van der Waals surface area contributed by atoms with Crippen LogP contribution in [0.4, 0.5) is 5.82 Å². The Kier molecular flexibility index (Phi) is 7.45. The number of amides is 2. The van der Waals surface area contributed by atoms with E-state index < -0.39 is 0 Å². The van der Waals surface area contributed by atoms with Crippen LogP contribution in [0.1, 0.15) is 23.3 Å². The molecule has 1 aromatic heterocycles. The van der Waals surface area contributed by atoms with Crippen LogP contribution in [0.15, 0.2) is 69.8 Å². The molecule has 4 aliphatic rings. The first-order chi connectivity index (χ1) is 18.5. The molecule has 0 saturated heterocycles. The normalized spacial score (nSPS) is 22.2. The number of likely N-dealkylation sites (N-methyl/N-ethyl adjacent to an activating group) is 2. The maximum atomic E-state index is 13.9. The first-order valence-electron chi connectivity index (χ1n) is 12.7. The summed E-state index contributed by atoms with van der Waals surface area (Å²) < 4.78 is 5.03. The zero-order valence-corrected chi connectivity index (χ0v) is 21.9. The zero-order valence-electron chi connectivity index (χ0n) is 21.9. The van der Waals surface area contributed by atoms with Crippen molar-refractivity contribution in [3.8, 4) is 0 Å². The van der Waals surface area contributed by atoms with Crippen LogP contribution in [0.5, 0.6) is 0 Å². The van der Waals surface area contributed by atoms with E-state index in [-0.39, 0.29) is 29.6 Å². The van der Waals surface area contributed by atoms with E-state index in [1.54, 1.807) is 42.7 Å². The van der Waals surface area contributed by atoms with Crippen molar-refractivity contribution in [3.63, 3.8) is 0 Å². The van der Waals surface area contributed by atoms with Gasteiger partial charge in [-0.2, -0.15) is 0 Å². The second kappa shape index (κ2) is 11.1. The van der Waals surface area contributed by atoms with Gasteiger partial charge in [-0.05, 0) is 18.4 Å². The fraction of sp³-hybridized carbons (Fsp3) is 0.407. The highest BCUT2D eigenvalue weighted by Gasteiger charge is 2.44. The number of aromatic nitrogens is 2. The summed E-state index contributed by atoms with van der Waals surface area (Å²) in [4.78, 5) is 51.3. The van der Waals surface area contributed by atoms with Crippen molar-refractivity contribution >= 4 is 30.2 Å². The molecular formula is C27H32N8O3. The molecule has 198 valence electrons. The second-order valence-corrected chi connectivity index (χ2v) is 9.50. The van der Waals surface area contributed by atoms with E-state index in [0.29, 0.717) is 32.1 Å². The van der Waals surface area contributed by atoms with E-state index in [0.717, 1.165) is 29.7 Å². The number of carbonyl (C=O) groups is 2. The Morgan fingerprint density at radius 1 is 1.18 bits per heavy atom. The van der Waals surface area contributed by atoms with Gasteiger partial charge in [-0.25, -0.2) is 20.0 Å². The molecule has 2 unspecified atom stereocenters. The van der Waals surface area contributed by atoms with Gasteiger partial charge in [-0.15, -0.1) is 0 Å². The number of aliphatic imine (C=N–C) groups is 2. The molecule has 5 rings (SSSR count). The summed E-state index contributed by atoms with van der Waals surface area (Å²) >= 11 is 0. The highest BCUT2D eigenvalue weighted by Crippen LogP contribution is 2.40. The number of nitrogens with zero attached hydrogens (tertiary/aromatic N) is 8. The molecule has 11 nitrogen and oxygen atoms in total. The highest BCUT2D eigenvalue weighted by molar-refractivity contribution is 6.02. The molecule has 0 fully saturated rings. The van der Waals surface area contributed by atoms with Crippen LogP contribution in [0.2, 0.25) is 0 Å². The molecule has 2 atom stereocenters. The lowest BCUT2D eigenvalue weighted by molar-refractivity contribution is -0.125. The summed E-state index contributed by atoms with van der Waals surface area (Å²) in [5.41, 5.74) is 3.11. The molecule has 11 heteroatoms. The topological polar surface area (TPSA) is 107 Å². The van der Waals surface area contributed by atoms with E-state index in [9.17, 15) is 9.59 Å². The predicted molar refractivity (Wildman–Crippen MR) is 145 cm³/mol. The quantitative estimate of drug-likeness (QED) is 0.544. The molecule has 1 aliphatic carbocycles. The van der Waals surface area contributed by atoms with Gasteiger partial charge in [0.15, 0.2) is 5.82 Å². The molecule has 0 aromatic carbocycles. The van der Waals surface area contributed by atoms with Gasteiger partial charge >= 0.3 is 0 Å². The van der Waals surface area contributed by atoms with Gasteiger partial charge in [-0.1, -0.05) is 18.2 Å². The molecule has 0 bridgehead atoms. The van der Waals surface area contributed by atoms with Crippen LogP contribution in [0, 0.1) is 5.92 Å². The molecule has 38 heavy (non-hydrogen) atoms. The van der Waals surface area contributed by atoms with Crippen molar-refractivity contribution in [1.82, 2.24) is 24.7 Å². The third-order valence-corrected chi connectivity index (χ3v) is 7.14. The van der Waals surface area contributed by atoms with Gasteiger partial charge in [0.2, 0.25) is 0 Å². The molecule has 2 amide bonds. The van der Waals surface area contributed by atoms with Crippen molar-refractivity contribution in [3.05, 3.63) is 65.6 Å². The third kappa shape index (κ3) is 4.89. The standard InChI is InChI=1S/C27H32N8O3/c1-32(13-14-38-3)26(36)21-16-30-22(17-29-21)34-9-11-35(12-10-34)27(37)23-20-15-28-18-31-25(20)33(2)24(23)19-7-5-4-6-8-19/h4-5,7,9,11,15-18,20,25H,6,8,10,12-14H2,1-3H3. The van der Waals surface area contributed by atoms with E-state index in [2.05, 4.69) is 43.1 Å². The first kappa shape index (κ1) is 25.5.